The molecule has 0 amide bonds. The molecular formula is C50H78O18. The highest BCUT2D eigenvalue weighted by Gasteiger charge is 2.58. The molecule has 10 atom stereocenters. The third-order valence-electron chi connectivity index (χ3n) is 10.5. The van der Waals surface area contributed by atoms with Crippen LogP contribution in [0.1, 0.15) is 130 Å². The van der Waals surface area contributed by atoms with Crippen LogP contribution in [0, 0.1) is 32.5 Å². The molecule has 1 aromatic rings. The van der Waals surface area contributed by atoms with Crippen LogP contribution in [0.4, 0.5) is 0 Å². The van der Waals surface area contributed by atoms with E-state index < -0.39 is 143 Å². The van der Waals surface area contributed by atoms with Crippen LogP contribution in [0.2, 0.25) is 0 Å². The number of hydrogen-bond donors (Lipinski definition) is 1. The molecule has 1 aromatic carbocycles. The summed E-state index contributed by atoms with van der Waals surface area (Å²) in [6, 6.07) is 6.90. The van der Waals surface area contributed by atoms with Gasteiger partial charge in [-0.2, -0.15) is 0 Å². The van der Waals surface area contributed by atoms with Gasteiger partial charge in [0.2, 0.25) is 0 Å². The average Bonchev–Trinajstić information content (AvgIpc) is 3.19. The summed E-state index contributed by atoms with van der Waals surface area (Å²) in [7, 11) is 1.52. The van der Waals surface area contributed by atoms with Gasteiger partial charge in [-0.15, -0.1) is 0 Å². The zero-order valence-electron chi connectivity index (χ0n) is 43.6. The minimum absolute atomic E-state index is 0.163. The molecule has 386 valence electrons. The van der Waals surface area contributed by atoms with Gasteiger partial charge in [0.1, 0.15) is 43.4 Å². The van der Waals surface area contributed by atoms with Gasteiger partial charge in [0, 0.05) is 0 Å². The van der Waals surface area contributed by atoms with Crippen molar-refractivity contribution in [3.05, 3.63) is 29.8 Å². The van der Waals surface area contributed by atoms with E-state index in [0.29, 0.717) is 11.3 Å². The average molecular weight is 967 g/mol. The second-order valence-electron chi connectivity index (χ2n) is 23.5. The van der Waals surface area contributed by atoms with Crippen LogP contribution in [0.3, 0.4) is 0 Å². The predicted octanol–water partition coefficient (Wildman–Crippen LogP) is 6.42. The van der Waals surface area contributed by atoms with Gasteiger partial charge in [-0.3, -0.25) is 28.8 Å². The third kappa shape index (κ3) is 16.1. The Labute approximate surface area is 401 Å². The third-order valence-corrected chi connectivity index (χ3v) is 10.5. The highest BCUT2D eigenvalue weighted by molar-refractivity contribution is 5.78. The Hall–Kier alpha value is -4.36. The lowest BCUT2D eigenvalue weighted by molar-refractivity contribution is -0.361. The maximum absolute atomic E-state index is 14.1. The summed E-state index contributed by atoms with van der Waals surface area (Å²) < 4.78 is 67.4. The minimum Gasteiger partial charge on any atom is -0.497 e. The fourth-order valence-electron chi connectivity index (χ4n) is 6.05. The fourth-order valence-corrected chi connectivity index (χ4v) is 6.05. The van der Waals surface area contributed by atoms with Crippen LogP contribution < -0.4 is 4.74 Å². The summed E-state index contributed by atoms with van der Waals surface area (Å²) >= 11 is 0. The van der Waals surface area contributed by atoms with E-state index in [9.17, 15) is 33.9 Å². The maximum Gasteiger partial charge on any atom is 0.311 e. The number of aliphatic hydroxyl groups is 1. The first-order valence-electron chi connectivity index (χ1n) is 22.9. The molecular weight excluding hydrogens is 889 g/mol. The summed E-state index contributed by atoms with van der Waals surface area (Å²) in [5, 5.41) is 11.6. The lowest BCUT2D eigenvalue weighted by atomic mass is 9.92. The van der Waals surface area contributed by atoms with Gasteiger partial charge in [-0.25, -0.2) is 0 Å². The molecule has 0 bridgehead atoms. The van der Waals surface area contributed by atoms with Crippen molar-refractivity contribution >= 4 is 35.8 Å². The van der Waals surface area contributed by atoms with Crippen molar-refractivity contribution in [3.63, 3.8) is 0 Å². The molecule has 2 heterocycles. The van der Waals surface area contributed by atoms with Crippen LogP contribution in [0.25, 0.3) is 0 Å². The molecule has 2 aliphatic heterocycles. The lowest BCUT2D eigenvalue weighted by Crippen LogP contribution is -2.67. The van der Waals surface area contributed by atoms with E-state index in [4.69, 9.17) is 52.1 Å². The zero-order chi connectivity index (χ0) is 52.1. The van der Waals surface area contributed by atoms with Gasteiger partial charge in [0.05, 0.1) is 46.2 Å². The van der Waals surface area contributed by atoms with E-state index >= 15 is 0 Å². The predicted molar refractivity (Wildman–Crippen MR) is 244 cm³/mol. The number of carbonyl (C=O) groups excluding carboxylic acids is 6. The first-order chi connectivity index (χ1) is 30.9. The summed E-state index contributed by atoms with van der Waals surface area (Å²) in [5.74, 6) is -3.82. The Balaban J connectivity index is 2.40. The van der Waals surface area contributed by atoms with E-state index in [0.717, 1.165) is 0 Å². The van der Waals surface area contributed by atoms with E-state index in [2.05, 4.69) is 0 Å². The molecule has 2 fully saturated rings. The van der Waals surface area contributed by atoms with E-state index in [1.54, 1.807) is 149 Å². The van der Waals surface area contributed by atoms with Crippen LogP contribution in [0.15, 0.2) is 24.3 Å². The number of aliphatic hydroxyl groups excluding tert-OH is 1. The van der Waals surface area contributed by atoms with E-state index in [-0.39, 0.29) is 6.61 Å². The quantitative estimate of drug-likeness (QED) is 0.157. The molecule has 0 radical (unpaired) electrons. The zero-order valence-corrected chi connectivity index (χ0v) is 43.6. The Morgan fingerprint density at radius 3 is 1.24 bits per heavy atom. The summed E-state index contributed by atoms with van der Waals surface area (Å²) in [6.07, 6.45) is -16.3. The summed E-state index contributed by atoms with van der Waals surface area (Å²) in [4.78, 5) is 82.0. The second-order valence-corrected chi connectivity index (χ2v) is 23.5. The molecule has 18 heteroatoms. The van der Waals surface area contributed by atoms with Crippen LogP contribution >= 0.6 is 0 Å². The minimum atomic E-state index is -1.97. The van der Waals surface area contributed by atoms with E-state index in [1.807, 2.05) is 0 Å². The topological polar surface area (TPSA) is 224 Å². The van der Waals surface area contributed by atoms with Gasteiger partial charge < -0.3 is 57.2 Å². The number of ether oxygens (including phenoxy) is 11. The molecule has 68 heavy (non-hydrogen) atoms. The normalized spacial score (nSPS) is 26.2. The van der Waals surface area contributed by atoms with Crippen LogP contribution in [0.5, 0.6) is 5.75 Å². The van der Waals surface area contributed by atoms with Crippen molar-refractivity contribution in [2.24, 2.45) is 32.5 Å². The number of carbonyl (C=O) groups is 6. The maximum atomic E-state index is 14.1. The first kappa shape index (κ1) is 58.0. The van der Waals surface area contributed by atoms with Gasteiger partial charge >= 0.3 is 35.8 Å². The van der Waals surface area contributed by atoms with Gasteiger partial charge in [-0.1, -0.05) is 12.1 Å². The smallest absolute Gasteiger partial charge is 0.311 e. The van der Waals surface area contributed by atoms with Crippen molar-refractivity contribution in [1.29, 1.82) is 0 Å². The number of methoxy groups -OCH3 is 1. The Morgan fingerprint density at radius 1 is 0.471 bits per heavy atom. The highest BCUT2D eigenvalue weighted by atomic mass is 16.8. The van der Waals surface area contributed by atoms with Crippen molar-refractivity contribution in [2.75, 3.05) is 20.3 Å². The number of hydrogen-bond acceptors (Lipinski definition) is 18. The molecule has 1 N–H and O–H groups in total. The van der Waals surface area contributed by atoms with Gasteiger partial charge in [0.15, 0.2) is 37.0 Å². The summed E-state index contributed by atoms with van der Waals surface area (Å²) in [5.41, 5.74) is -5.90. The number of rotatable bonds is 14. The van der Waals surface area contributed by atoms with E-state index in [1.165, 1.54) is 7.11 Å². The Kier molecular flexibility index (Phi) is 18.9. The largest absolute Gasteiger partial charge is 0.497 e. The Bertz CT molecular complexity index is 1900. The highest BCUT2D eigenvalue weighted by Crippen LogP contribution is 2.38. The monoisotopic (exact) mass is 967 g/mol. The van der Waals surface area contributed by atoms with Crippen LogP contribution in [-0.2, 0) is 82.7 Å². The SMILES string of the molecule is COc1ccc(CO[C@H]2[C@@H](OC(=O)C(C)(C)C)[C@@H](COC(=O)C(C)(C)C)O[C@@H](O[C@H]3[C@H](OC(=O)C(C)(C)C)[C@@H](OC(=O)C(C)(C)C)[C@H](O)O[C@@H]3COC(=O)C(C)(C)C)[C@@H]2OC(=O)C(C)(C)C)cc1. The Morgan fingerprint density at radius 2 is 0.838 bits per heavy atom. The molecule has 0 aromatic heterocycles. The second kappa shape index (κ2) is 22.2. The number of esters is 6. The number of benzene rings is 1. The van der Waals surface area contributed by atoms with Gasteiger partial charge in [-0.05, 0) is 142 Å². The molecule has 0 spiro atoms. The lowest BCUT2D eigenvalue weighted by Gasteiger charge is -2.49. The molecule has 0 saturated carbocycles. The summed E-state index contributed by atoms with van der Waals surface area (Å²) in [6.45, 7) is 27.7. The molecule has 2 aliphatic rings. The van der Waals surface area contributed by atoms with Crippen molar-refractivity contribution in [3.8, 4) is 5.75 Å². The fraction of sp³-hybridized carbons (Fsp3) is 0.760. The standard InChI is InChI=1S/C50H78O18/c1-45(2,3)39(52)60-25-29-32(34(66-42(55)48(10,11)12)35(37(51)62-29)67-43(56)49(13,14)15)64-38-36(68-44(57)50(16,17)18)33(59-24-27-20-22-28(58-19)23-21-27)31(65-41(54)47(7,8)9)30(63-38)26-61-40(53)46(4,5)6/h20-23,29-38,51H,24-26H2,1-19H3/t29-,30-,31+,32-,33+,34+,35-,36-,37-,38+/m1/s1. The molecule has 0 unspecified atom stereocenters. The first-order valence-corrected chi connectivity index (χ1v) is 22.9. The molecule has 18 nitrogen and oxygen atoms in total. The van der Waals surface area contributed by atoms with Crippen molar-refractivity contribution < 1.29 is 86.0 Å². The van der Waals surface area contributed by atoms with Crippen molar-refractivity contribution in [1.82, 2.24) is 0 Å². The van der Waals surface area contributed by atoms with Crippen LogP contribution in [-0.4, -0.2) is 123 Å². The molecule has 2 saturated heterocycles. The molecule has 3 rings (SSSR count). The van der Waals surface area contributed by atoms with Crippen molar-refractivity contribution in [2.45, 2.75) is 193 Å². The van der Waals surface area contributed by atoms with Gasteiger partial charge in [0.25, 0.3) is 0 Å². The molecule has 0 aliphatic carbocycles.